The molecule has 11 nitrogen and oxygen atoms in total. The topological polar surface area (TPSA) is 132 Å². The van der Waals surface area contributed by atoms with Crippen molar-refractivity contribution >= 4 is 45.4 Å². The van der Waals surface area contributed by atoms with Gasteiger partial charge in [0.15, 0.2) is 5.82 Å². The van der Waals surface area contributed by atoms with Crippen molar-refractivity contribution < 1.29 is 36.7 Å². The maximum absolute atomic E-state index is 15.6. The van der Waals surface area contributed by atoms with Gasteiger partial charge in [-0.1, -0.05) is 34.6 Å². The molecule has 2 aromatic carbocycles. The number of H-pyrrole nitrogens is 1. The monoisotopic (exact) mass is 849 g/mol. The van der Waals surface area contributed by atoms with Gasteiger partial charge in [0, 0.05) is 60.7 Å². The Hall–Kier alpha value is -4.79. The summed E-state index contributed by atoms with van der Waals surface area (Å²) in [4.78, 5) is 66.3. The number of alkyl halides is 2. The lowest BCUT2D eigenvalue weighted by Gasteiger charge is -2.36. The van der Waals surface area contributed by atoms with E-state index in [0.29, 0.717) is 45.4 Å². The van der Waals surface area contributed by atoms with Crippen molar-refractivity contribution in [3.05, 3.63) is 53.6 Å². The molecule has 3 N–H and O–H groups in total. The van der Waals surface area contributed by atoms with Gasteiger partial charge in [0.25, 0.3) is 0 Å². The van der Waals surface area contributed by atoms with Crippen LogP contribution in [0.4, 0.5) is 17.6 Å². The number of imidazole rings is 1. The average molecular weight is 850 g/mol. The normalized spacial score (nSPS) is 22.8. The van der Waals surface area contributed by atoms with Crippen LogP contribution in [0.25, 0.3) is 33.5 Å². The van der Waals surface area contributed by atoms with Crippen molar-refractivity contribution in [1.82, 2.24) is 35.0 Å². The van der Waals surface area contributed by atoms with Gasteiger partial charge in [0.2, 0.25) is 17.7 Å². The molecule has 3 aliphatic rings. The number of aromatic nitrogens is 3. The molecule has 0 radical (unpaired) electrons. The van der Waals surface area contributed by atoms with E-state index in [0.717, 1.165) is 12.8 Å². The third kappa shape index (κ3) is 9.22. The summed E-state index contributed by atoms with van der Waals surface area (Å²) in [6.07, 6.45) is -0.153. The minimum Gasteiger partial charge on any atom is -0.352 e. The van der Waals surface area contributed by atoms with Crippen molar-refractivity contribution in [2.45, 2.75) is 130 Å². The number of benzene rings is 2. The number of carbonyl (C=O) groups is 4. The van der Waals surface area contributed by atoms with E-state index in [2.05, 4.69) is 15.6 Å². The third-order valence-electron chi connectivity index (χ3n) is 13.2. The van der Waals surface area contributed by atoms with Crippen LogP contribution >= 0.6 is 0 Å². The van der Waals surface area contributed by atoms with Crippen molar-refractivity contribution in [3.8, 4) is 11.5 Å². The lowest BCUT2D eigenvalue weighted by atomic mass is 9.85. The number of rotatable bonds is 15. The van der Waals surface area contributed by atoms with E-state index in [1.165, 1.54) is 29.2 Å². The van der Waals surface area contributed by atoms with Crippen LogP contribution in [0, 0.1) is 34.8 Å². The largest absolute Gasteiger partial charge is 0.352 e. The molecule has 8 unspecified atom stereocenters. The third-order valence-corrected chi connectivity index (χ3v) is 13.2. The molecule has 3 fully saturated rings. The van der Waals surface area contributed by atoms with Crippen LogP contribution in [0.15, 0.2) is 36.4 Å². The highest BCUT2D eigenvalue weighted by Gasteiger charge is 2.46. The minimum absolute atomic E-state index is 0.00177. The highest BCUT2D eigenvalue weighted by atomic mass is 19.1. The van der Waals surface area contributed by atoms with Crippen LogP contribution in [0.5, 0.6) is 0 Å². The van der Waals surface area contributed by atoms with E-state index in [1.807, 2.05) is 27.7 Å². The molecule has 61 heavy (non-hydrogen) atoms. The molecule has 4 aromatic rings. The first-order valence-corrected chi connectivity index (χ1v) is 21.7. The number of likely N-dealkylation sites (N-methyl/N-ethyl adjacent to an activating group) is 1. The molecule has 2 aliphatic heterocycles. The van der Waals surface area contributed by atoms with Crippen molar-refractivity contribution in [2.24, 2.45) is 23.2 Å². The summed E-state index contributed by atoms with van der Waals surface area (Å²) in [5.41, 5.74) is 1.59. The van der Waals surface area contributed by atoms with Gasteiger partial charge in [-0.15, -0.1) is 0 Å². The SMILES string of the molecule is CCC(C)C(=O)NC(C(=O)N1CC(F)CC1Cn1c(-c2[nH]c3cc(F)ccc3c2CC2CC(F)CN2C(=O)C(CC(=O)C(C)NC)C2CC2)nc2cc(F)ccc21)C(C)(C)C. The molecule has 2 saturated heterocycles. The van der Waals surface area contributed by atoms with Gasteiger partial charge in [-0.3, -0.25) is 19.2 Å². The van der Waals surface area contributed by atoms with Gasteiger partial charge in [-0.05, 0) is 86.9 Å². The average Bonchev–Trinajstić information content (AvgIpc) is 3.57. The highest BCUT2D eigenvalue weighted by molar-refractivity contribution is 5.93. The first-order valence-electron chi connectivity index (χ1n) is 21.7. The van der Waals surface area contributed by atoms with E-state index in [-0.39, 0.29) is 74.8 Å². The van der Waals surface area contributed by atoms with Crippen molar-refractivity contribution in [1.29, 1.82) is 0 Å². The number of amides is 3. The fourth-order valence-electron chi connectivity index (χ4n) is 9.19. The summed E-state index contributed by atoms with van der Waals surface area (Å²) in [7, 11) is 1.69. The summed E-state index contributed by atoms with van der Waals surface area (Å²) in [6.45, 7) is 10.7. The molecule has 1 saturated carbocycles. The first-order chi connectivity index (χ1) is 28.9. The molecular weight excluding hydrogens is 791 g/mol. The van der Waals surface area contributed by atoms with Crippen LogP contribution in [-0.2, 0) is 32.1 Å². The Morgan fingerprint density at radius 2 is 1.56 bits per heavy atom. The predicted molar refractivity (Wildman–Crippen MR) is 226 cm³/mol. The number of nitrogens with one attached hydrogen (secondary N) is 3. The van der Waals surface area contributed by atoms with Gasteiger partial charge in [-0.2, -0.15) is 0 Å². The van der Waals surface area contributed by atoms with Gasteiger partial charge in [-0.25, -0.2) is 22.5 Å². The Bertz CT molecular complexity index is 2300. The second kappa shape index (κ2) is 17.5. The van der Waals surface area contributed by atoms with Gasteiger partial charge < -0.3 is 30.0 Å². The molecule has 3 amide bonds. The Balaban J connectivity index is 1.28. The van der Waals surface area contributed by atoms with E-state index >= 15 is 8.78 Å². The van der Waals surface area contributed by atoms with Crippen molar-refractivity contribution in [2.75, 3.05) is 20.1 Å². The zero-order valence-electron chi connectivity index (χ0n) is 36.2. The number of nitrogens with zero attached hydrogens (tertiary/aromatic N) is 4. The van der Waals surface area contributed by atoms with E-state index in [1.54, 1.807) is 42.5 Å². The van der Waals surface area contributed by atoms with Crippen LogP contribution in [0.1, 0.15) is 85.6 Å². The molecule has 8 atom stereocenters. The Labute approximate surface area is 354 Å². The molecule has 0 spiro atoms. The molecule has 1 aliphatic carbocycles. The number of fused-ring (bicyclic) bond motifs is 2. The number of halogens is 4. The summed E-state index contributed by atoms with van der Waals surface area (Å²) >= 11 is 0. The summed E-state index contributed by atoms with van der Waals surface area (Å²) in [5, 5.41) is 6.51. The highest BCUT2D eigenvalue weighted by Crippen LogP contribution is 2.42. The standard InChI is InChI=1S/C46H59F4N7O4/c1-8-24(2)43(59)54-41(46(4,5)6)45(61)56-22-30(50)16-32(56)23-57-38-14-12-28(48)18-37(38)53-42(57)40-35(33-13-11-27(47)17-36(33)52-40)19-31-15-29(49)21-55(31)44(60)34(26-9-10-26)20-39(58)25(3)51-7/h11-14,17-18,24-26,29-32,34,41,51-52H,8-10,15-16,19-23H2,1-7H3,(H,54,59). The summed E-state index contributed by atoms with van der Waals surface area (Å²) in [6, 6.07) is 5.77. The van der Waals surface area contributed by atoms with Crippen LogP contribution in [0.3, 0.4) is 0 Å². The zero-order chi connectivity index (χ0) is 44.1. The Morgan fingerprint density at radius 3 is 2.20 bits per heavy atom. The smallest absolute Gasteiger partial charge is 0.246 e. The zero-order valence-corrected chi connectivity index (χ0v) is 36.2. The fraction of sp³-hybridized carbons (Fsp3) is 0.587. The van der Waals surface area contributed by atoms with Crippen molar-refractivity contribution in [3.63, 3.8) is 0 Å². The Kier molecular flexibility index (Phi) is 12.7. The van der Waals surface area contributed by atoms with E-state index < -0.39 is 65.4 Å². The number of hydrogen-bond donors (Lipinski definition) is 3. The molecule has 7 rings (SSSR count). The molecule has 15 heteroatoms. The summed E-state index contributed by atoms with van der Waals surface area (Å²) < 4.78 is 62.6. The predicted octanol–water partition coefficient (Wildman–Crippen LogP) is 7.05. The quantitative estimate of drug-likeness (QED) is 0.110. The van der Waals surface area contributed by atoms with Gasteiger partial charge >= 0.3 is 0 Å². The van der Waals surface area contributed by atoms with Gasteiger partial charge in [0.05, 0.1) is 41.9 Å². The van der Waals surface area contributed by atoms with E-state index in [9.17, 15) is 28.0 Å². The number of likely N-dealkylation sites (tertiary alicyclic amines) is 2. The molecule has 330 valence electrons. The second-order valence-corrected chi connectivity index (χ2v) is 18.7. The minimum atomic E-state index is -1.35. The number of hydrogen-bond acceptors (Lipinski definition) is 6. The van der Waals surface area contributed by atoms with Crippen LogP contribution < -0.4 is 10.6 Å². The van der Waals surface area contributed by atoms with Crippen LogP contribution in [0.2, 0.25) is 0 Å². The van der Waals surface area contributed by atoms with Crippen LogP contribution in [-0.4, -0.2) is 104 Å². The second-order valence-electron chi connectivity index (χ2n) is 18.7. The van der Waals surface area contributed by atoms with Gasteiger partial charge in [0.1, 0.15) is 35.8 Å². The Morgan fingerprint density at radius 1 is 0.918 bits per heavy atom. The van der Waals surface area contributed by atoms with E-state index in [4.69, 9.17) is 4.98 Å². The first kappa shape index (κ1) is 44.3. The number of Topliss-reactive ketones (excluding diaryl/α,β-unsaturated/α-hetero) is 1. The number of ketones is 1. The molecule has 0 bridgehead atoms. The molecule has 4 heterocycles. The lowest BCUT2D eigenvalue weighted by molar-refractivity contribution is -0.141. The number of aromatic amines is 1. The maximum Gasteiger partial charge on any atom is 0.246 e. The summed E-state index contributed by atoms with van der Waals surface area (Å²) in [5.74, 6) is -2.57. The lowest BCUT2D eigenvalue weighted by Crippen LogP contribution is -2.57. The maximum atomic E-state index is 15.6. The molecule has 2 aromatic heterocycles. The fourth-order valence-corrected chi connectivity index (χ4v) is 9.19. The number of carbonyl (C=O) groups excluding carboxylic acids is 4. The molecular formula is C46H59F4N7O4.